The Morgan fingerprint density at radius 1 is 1.13 bits per heavy atom. The molecule has 0 aliphatic carbocycles. The Bertz CT molecular complexity index is 845. The Morgan fingerprint density at radius 3 is 2.52 bits per heavy atom. The number of aliphatic hydroxyl groups excluding tert-OH is 1. The number of carbonyl (C=O) groups is 3. The first-order valence-electron chi connectivity index (χ1n) is 11.1. The molecule has 31 heavy (non-hydrogen) atoms. The van der Waals surface area contributed by atoms with Gasteiger partial charge in [0.15, 0.2) is 0 Å². The van der Waals surface area contributed by atoms with Crippen LogP contribution in [0, 0.1) is 11.8 Å². The van der Waals surface area contributed by atoms with E-state index in [-0.39, 0.29) is 31.6 Å². The number of carbonyl (C=O) groups excluding carboxylic acids is 3. The van der Waals surface area contributed by atoms with E-state index in [9.17, 15) is 19.5 Å². The molecule has 0 saturated carbocycles. The molecule has 2 fully saturated rings. The number of rotatable bonds is 3. The van der Waals surface area contributed by atoms with Gasteiger partial charge in [-0.05, 0) is 33.6 Å². The summed E-state index contributed by atoms with van der Waals surface area (Å²) < 4.78 is 12.2. The number of fused-ring (bicyclic) bond motifs is 2. The highest BCUT2D eigenvalue weighted by Crippen LogP contribution is 2.58. The van der Waals surface area contributed by atoms with E-state index in [0.29, 0.717) is 19.4 Å². The van der Waals surface area contributed by atoms with Crippen LogP contribution in [0.15, 0.2) is 24.3 Å². The zero-order valence-electron chi connectivity index (χ0n) is 18.7. The normalized spacial score (nSPS) is 37.7. The van der Waals surface area contributed by atoms with Gasteiger partial charge in [0.1, 0.15) is 23.2 Å². The van der Waals surface area contributed by atoms with Crippen molar-refractivity contribution in [1.82, 2.24) is 9.80 Å². The number of amides is 2. The SMILES string of the molecule is CC[C@@]12C=CCCOC(=O)[C@@H]1[C@H]1C(=O)N(CCO)C3C(=O)N(C(C)(C)C)CC=C[C@@]31O2. The van der Waals surface area contributed by atoms with Crippen molar-refractivity contribution in [3.8, 4) is 0 Å². The first-order valence-corrected chi connectivity index (χ1v) is 11.1. The van der Waals surface area contributed by atoms with Gasteiger partial charge in [-0.25, -0.2) is 0 Å². The van der Waals surface area contributed by atoms with Crippen LogP contribution < -0.4 is 0 Å². The molecule has 8 heteroatoms. The van der Waals surface area contributed by atoms with E-state index in [0.717, 1.165) is 0 Å². The molecule has 0 aromatic carbocycles. The van der Waals surface area contributed by atoms with Crippen molar-refractivity contribution in [2.24, 2.45) is 11.8 Å². The van der Waals surface area contributed by atoms with E-state index in [1.54, 1.807) is 4.90 Å². The van der Waals surface area contributed by atoms with E-state index < -0.39 is 40.6 Å². The van der Waals surface area contributed by atoms with Gasteiger partial charge >= 0.3 is 5.97 Å². The predicted octanol–water partition coefficient (Wildman–Crippen LogP) is 1.04. The molecule has 4 heterocycles. The molecule has 2 saturated heterocycles. The smallest absolute Gasteiger partial charge is 0.313 e. The van der Waals surface area contributed by atoms with E-state index >= 15 is 0 Å². The summed E-state index contributed by atoms with van der Waals surface area (Å²) >= 11 is 0. The highest BCUT2D eigenvalue weighted by Gasteiger charge is 2.75. The van der Waals surface area contributed by atoms with Crippen LogP contribution in [-0.2, 0) is 23.9 Å². The summed E-state index contributed by atoms with van der Waals surface area (Å²) in [7, 11) is 0. The van der Waals surface area contributed by atoms with Crippen molar-refractivity contribution < 1.29 is 29.0 Å². The van der Waals surface area contributed by atoms with Gasteiger partial charge in [-0.1, -0.05) is 31.2 Å². The molecule has 0 aromatic heterocycles. The lowest BCUT2D eigenvalue weighted by Gasteiger charge is -2.41. The fourth-order valence-corrected chi connectivity index (χ4v) is 5.68. The molecule has 4 aliphatic rings. The van der Waals surface area contributed by atoms with Crippen LogP contribution >= 0.6 is 0 Å². The maximum absolute atomic E-state index is 13.9. The number of hydrogen-bond donors (Lipinski definition) is 1. The molecule has 8 nitrogen and oxygen atoms in total. The second-order valence-electron chi connectivity index (χ2n) is 9.76. The van der Waals surface area contributed by atoms with Crippen molar-refractivity contribution in [2.75, 3.05) is 26.3 Å². The lowest BCUT2D eigenvalue weighted by molar-refractivity contribution is -0.162. The third kappa shape index (κ3) is 3.06. The molecule has 0 aromatic rings. The summed E-state index contributed by atoms with van der Waals surface area (Å²) in [5.74, 6) is -2.80. The predicted molar refractivity (Wildman–Crippen MR) is 112 cm³/mol. The zero-order chi connectivity index (χ0) is 22.6. The van der Waals surface area contributed by atoms with E-state index in [2.05, 4.69) is 0 Å². The summed E-state index contributed by atoms with van der Waals surface area (Å²) in [5, 5.41) is 9.66. The molecule has 4 aliphatic heterocycles. The Hall–Kier alpha value is -2.19. The minimum Gasteiger partial charge on any atom is -0.465 e. The Kier molecular flexibility index (Phi) is 5.29. The first kappa shape index (κ1) is 22.0. The van der Waals surface area contributed by atoms with E-state index in [4.69, 9.17) is 9.47 Å². The molecule has 4 rings (SSSR count). The molecule has 170 valence electrons. The summed E-state index contributed by atoms with van der Waals surface area (Å²) in [4.78, 5) is 43.8. The second kappa shape index (κ2) is 7.45. The second-order valence-corrected chi connectivity index (χ2v) is 9.76. The van der Waals surface area contributed by atoms with Gasteiger partial charge in [-0.2, -0.15) is 0 Å². The lowest BCUT2D eigenvalue weighted by Crippen LogP contribution is -2.59. The number of aliphatic hydroxyl groups is 1. The van der Waals surface area contributed by atoms with Gasteiger partial charge < -0.3 is 24.4 Å². The Morgan fingerprint density at radius 2 is 1.87 bits per heavy atom. The van der Waals surface area contributed by atoms with Gasteiger partial charge in [0.25, 0.3) is 0 Å². The maximum Gasteiger partial charge on any atom is 0.313 e. The van der Waals surface area contributed by atoms with Gasteiger partial charge in [0, 0.05) is 18.6 Å². The zero-order valence-corrected chi connectivity index (χ0v) is 18.7. The van der Waals surface area contributed by atoms with Gasteiger partial charge in [0.2, 0.25) is 11.8 Å². The van der Waals surface area contributed by atoms with Crippen LogP contribution in [-0.4, -0.2) is 81.8 Å². The number of likely N-dealkylation sites (tertiary alicyclic amines) is 1. The number of ether oxygens (including phenoxy) is 2. The summed E-state index contributed by atoms with van der Waals surface area (Å²) in [6, 6.07) is -0.951. The molecule has 2 amide bonds. The maximum atomic E-state index is 13.9. The van der Waals surface area contributed by atoms with Gasteiger partial charge in [0.05, 0.1) is 19.1 Å². The standard InChI is InChI=1S/C23H32N2O6/c1-5-22-9-6-7-14-30-20(29)16(22)15-18(27)24(12-13-26)17-19(28)25(21(2,3)4)11-8-10-23(15,17)31-22/h6,8-10,15-17,26H,5,7,11-14H2,1-4H3/t15-,16-,17?,22+,23-/m0/s1. The first-order chi connectivity index (χ1) is 14.6. The molecule has 1 spiro atoms. The van der Waals surface area contributed by atoms with Crippen LogP contribution in [0.3, 0.4) is 0 Å². The number of nitrogens with zero attached hydrogens (tertiary/aromatic N) is 2. The number of cyclic esters (lactones) is 1. The van der Waals surface area contributed by atoms with Crippen LogP contribution in [0.5, 0.6) is 0 Å². The highest BCUT2D eigenvalue weighted by atomic mass is 16.6. The molecule has 5 atom stereocenters. The summed E-state index contributed by atoms with van der Waals surface area (Å²) in [6.45, 7) is 8.08. The van der Waals surface area contributed by atoms with Crippen molar-refractivity contribution in [1.29, 1.82) is 0 Å². The lowest BCUT2D eigenvalue weighted by atomic mass is 9.73. The largest absolute Gasteiger partial charge is 0.465 e. The number of hydrogen-bond acceptors (Lipinski definition) is 6. The fraction of sp³-hybridized carbons (Fsp3) is 0.696. The molecular weight excluding hydrogens is 400 g/mol. The molecule has 1 N–H and O–H groups in total. The van der Waals surface area contributed by atoms with Crippen molar-refractivity contribution in [2.45, 2.75) is 63.3 Å². The summed E-state index contributed by atoms with van der Waals surface area (Å²) in [6.07, 6.45) is 8.52. The third-order valence-electron chi connectivity index (χ3n) is 7.05. The third-order valence-corrected chi connectivity index (χ3v) is 7.05. The van der Waals surface area contributed by atoms with Crippen molar-refractivity contribution in [3.63, 3.8) is 0 Å². The summed E-state index contributed by atoms with van der Waals surface area (Å²) in [5.41, 5.74) is -2.79. The quantitative estimate of drug-likeness (QED) is 0.529. The van der Waals surface area contributed by atoms with E-state index in [1.807, 2.05) is 52.0 Å². The molecular formula is C23H32N2O6. The van der Waals surface area contributed by atoms with E-state index in [1.165, 1.54) is 4.90 Å². The molecule has 0 radical (unpaired) electrons. The Labute approximate surface area is 182 Å². The Balaban J connectivity index is 1.91. The monoisotopic (exact) mass is 432 g/mol. The average molecular weight is 433 g/mol. The fourth-order valence-electron chi connectivity index (χ4n) is 5.68. The van der Waals surface area contributed by atoms with Crippen molar-refractivity contribution in [3.05, 3.63) is 24.3 Å². The highest BCUT2D eigenvalue weighted by molar-refractivity contribution is 5.99. The number of β-amino-alcohol motifs (C(OH)–C–C–N with tert-alkyl or cyclic N) is 1. The van der Waals surface area contributed by atoms with Gasteiger partial charge in [-0.3, -0.25) is 14.4 Å². The molecule has 0 bridgehead atoms. The van der Waals surface area contributed by atoms with Crippen molar-refractivity contribution >= 4 is 17.8 Å². The minimum absolute atomic E-state index is 0.000591. The number of esters is 1. The average Bonchev–Trinajstić information content (AvgIpc) is 3.02. The topological polar surface area (TPSA) is 96.4 Å². The van der Waals surface area contributed by atoms with Crippen LogP contribution in [0.25, 0.3) is 0 Å². The van der Waals surface area contributed by atoms with Crippen LogP contribution in [0.4, 0.5) is 0 Å². The van der Waals surface area contributed by atoms with Gasteiger partial charge in [-0.15, -0.1) is 0 Å². The minimum atomic E-state index is -1.29. The van der Waals surface area contributed by atoms with Crippen LogP contribution in [0.1, 0.15) is 40.5 Å². The van der Waals surface area contributed by atoms with Crippen LogP contribution in [0.2, 0.25) is 0 Å². The molecule has 1 unspecified atom stereocenters.